The van der Waals surface area contributed by atoms with Crippen LogP contribution in [0.1, 0.15) is 16.1 Å². The van der Waals surface area contributed by atoms with Crippen LogP contribution in [0.2, 0.25) is 0 Å². The molecule has 0 saturated carbocycles. The molecular weight excluding hydrogens is 467 g/mol. The number of ether oxygens (including phenoxy) is 1. The van der Waals surface area contributed by atoms with Gasteiger partial charge in [0.15, 0.2) is 12.4 Å². The Morgan fingerprint density at radius 2 is 1.92 bits per heavy atom. The predicted molar refractivity (Wildman–Crippen MR) is 129 cm³/mol. The lowest BCUT2D eigenvalue weighted by Crippen LogP contribution is -2.14. The van der Waals surface area contributed by atoms with Gasteiger partial charge in [0, 0.05) is 24.5 Å². The van der Waals surface area contributed by atoms with Crippen LogP contribution in [0, 0.1) is 15.9 Å². The zero-order valence-corrected chi connectivity index (χ0v) is 18.7. The molecule has 0 unspecified atom stereocenters. The highest BCUT2D eigenvalue weighted by Crippen LogP contribution is 2.27. The third kappa shape index (κ3) is 4.89. The van der Waals surface area contributed by atoms with Gasteiger partial charge in [-0.1, -0.05) is 42.5 Å². The number of benzene rings is 3. The van der Waals surface area contributed by atoms with E-state index in [2.05, 4.69) is 33.7 Å². The van der Waals surface area contributed by atoms with Crippen LogP contribution >= 0.6 is 0 Å². The number of hydrogen-bond donors (Lipinski definition) is 1. The second-order valence-electron chi connectivity index (χ2n) is 7.90. The summed E-state index contributed by atoms with van der Waals surface area (Å²) in [7, 11) is 0. The fourth-order valence-corrected chi connectivity index (χ4v) is 3.76. The largest absolute Gasteiger partial charge is 0.464 e. The van der Waals surface area contributed by atoms with Gasteiger partial charge < -0.3 is 10.1 Å². The molecule has 0 radical (unpaired) electrons. The van der Waals surface area contributed by atoms with E-state index in [4.69, 9.17) is 4.74 Å². The Balaban J connectivity index is 1.22. The average molecular weight is 486 g/mol. The Kier molecular flexibility index (Phi) is 6.10. The Morgan fingerprint density at radius 1 is 1.08 bits per heavy atom. The second kappa shape index (κ2) is 9.66. The Labute approximate surface area is 203 Å². The van der Waals surface area contributed by atoms with Crippen molar-refractivity contribution in [3.8, 4) is 5.75 Å². The second-order valence-corrected chi connectivity index (χ2v) is 7.90. The smallest absolute Gasteiger partial charge is 0.311 e. The first-order chi connectivity index (χ1) is 17.5. The lowest BCUT2D eigenvalue weighted by Gasteiger charge is -2.07. The van der Waals surface area contributed by atoms with E-state index >= 15 is 0 Å². The van der Waals surface area contributed by atoms with Gasteiger partial charge in [0.25, 0.3) is 5.91 Å². The molecule has 2 aromatic heterocycles. The summed E-state index contributed by atoms with van der Waals surface area (Å²) >= 11 is 0. The Hall–Kier alpha value is -5.06. The van der Waals surface area contributed by atoms with Gasteiger partial charge in [0.1, 0.15) is 5.82 Å². The maximum absolute atomic E-state index is 13.5. The Bertz CT molecular complexity index is 1570. The lowest BCUT2D eigenvalue weighted by atomic mass is 10.0. The molecule has 3 aromatic carbocycles. The van der Waals surface area contributed by atoms with Crippen molar-refractivity contribution in [1.29, 1.82) is 0 Å². The van der Waals surface area contributed by atoms with Crippen LogP contribution in [-0.4, -0.2) is 30.4 Å². The molecule has 36 heavy (non-hydrogen) atoms. The van der Waals surface area contributed by atoms with E-state index in [0.29, 0.717) is 12.2 Å². The zero-order chi connectivity index (χ0) is 25.1. The topological polar surface area (TPSA) is 117 Å². The lowest BCUT2D eigenvalue weighted by molar-refractivity contribution is -0.386. The number of fused-ring (bicyclic) bond motifs is 1. The van der Waals surface area contributed by atoms with Crippen LogP contribution in [0.25, 0.3) is 10.8 Å². The van der Waals surface area contributed by atoms with Gasteiger partial charge in [-0.15, -0.1) is 0 Å². The van der Waals surface area contributed by atoms with Gasteiger partial charge in [0.05, 0.1) is 23.4 Å². The molecule has 11 heteroatoms. The average Bonchev–Trinajstić information content (AvgIpc) is 3.52. The van der Waals surface area contributed by atoms with Crippen LogP contribution in [0.15, 0.2) is 85.3 Å². The summed E-state index contributed by atoms with van der Waals surface area (Å²) in [5.41, 5.74) is 1.34. The Morgan fingerprint density at radius 3 is 2.78 bits per heavy atom. The minimum absolute atomic E-state index is 0.106. The fourth-order valence-electron chi connectivity index (χ4n) is 3.76. The van der Waals surface area contributed by atoms with Crippen molar-refractivity contribution in [3.05, 3.63) is 113 Å². The van der Waals surface area contributed by atoms with Crippen LogP contribution < -0.4 is 10.1 Å². The molecule has 0 aliphatic carbocycles. The van der Waals surface area contributed by atoms with Gasteiger partial charge in [-0.05, 0) is 28.5 Å². The number of nitro benzene ring substituents is 1. The molecule has 0 aliphatic rings. The van der Waals surface area contributed by atoms with Crippen molar-refractivity contribution in [3.63, 3.8) is 0 Å². The van der Waals surface area contributed by atoms with Gasteiger partial charge >= 0.3 is 5.69 Å². The van der Waals surface area contributed by atoms with E-state index in [0.717, 1.165) is 34.5 Å². The van der Waals surface area contributed by atoms with Crippen molar-refractivity contribution < 1.29 is 18.8 Å². The number of halogens is 1. The number of hydrogen-bond acceptors (Lipinski definition) is 6. The highest BCUT2D eigenvalue weighted by atomic mass is 19.1. The molecule has 1 N–H and O–H groups in total. The molecule has 0 fully saturated rings. The number of carbonyl (C=O) groups is 1. The van der Waals surface area contributed by atoms with Crippen LogP contribution in [-0.2, 0) is 13.3 Å². The van der Waals surface area contributed by atoms with Gasteiger partial charge in [-0.3, -0.25) is 19.6 Å². The van der Waals surface area contributed by atoms with E-state index in [1.54, 1.807) is 17.1 Å². The summed E-state index contributed by atoms with van der Waals surface area (Å²) in [6.07, 6.45) is 4.75. The number of carbonyl (C=O) groups excluding carboxylic acids is 1. The minimum Gasteiger partial charge on any atom is -0.464 e. The zero-order valence-electron chi connectivity index (χ0n) is 18.7. The van der Waals surface area contributed by atoms with Gasteiger partial charge in [-0.2, -0.15) is 10.2 Å². The summed E-state index contributed by atoms with van der Waals surface area (Å²) in [6.45, 7) is 0.288. The molecule has 5 aromatic rings. The SMILES string of the molecule is O=C(Nc1cnn(Cc2cccc3ccccc23)c1)c1ccn(COc2cc(F)ccc2[N+](=O)[O-])n1. The van der Waals surface area contributed by atoms with Crippen molar-refractivity contribution in [2.24, 2.45) is 0 Å². The molecule has 1 amide bonds. The molecule has 2 heterocycles. The molecular formula is C25H19FN6O4. The molecule has 0 spiro atoms. The number of anilines is 1. The molecule has 5 rings (SSSR count). The maximum Gasteiger partial charge on any atom is 0.311 e. The summed E-state index contributed by atoms with van der Waals surface area (Å²) in [4.78, 5) is 23.1. The summed E-state index contributed by atoms with van der Waals surface area (Å²) in [5.74, 6) is -1.37. The normalized spacial score (nSPS) is 10.9. The number of nitro groups is 1. The summed E-state index contributed by atoms with van der Waals surface area (Å²) in [6, 6.07) is 18.6. The number of nitrogens with zero attached hydrogens (tertiary/aromatic N) is 5. The molecule has 0 saturated heterocycles. The van der Waals surface area contributed by atoms with Gasteiger partial charge in [-0.25, -0.2) is 9.07 Å². The van der Waals surface area contributed by atoms with E-state index in [1.807, 2.05) is 24.3 Å². The fraction of sp³-hybridized carbons (Fsp3) is 0.0800. The van der Waals surface area contributed by atoms with E-state index in [1.165, 1.54) is 16.9 Å². The van der Waals surface area contributed by atoms with Gasteiger partial charge in [0.2, 0.25) is 5.75 Å². The number of aromatic nitrogens is 4. The molecule has 10 nitrogen and oxygen atoms in total. The first-order valence-electron chi connectivity index (χ1n) is 10.9. The highest BCUT2D eigenvalue weighted by Gasteiger charge is 2.17. The van der Waals surface area contributed by atoms with Crippen LogP contribution in [0.3, 0.4) is 0 Å². The van der Waals surface area contributed by atoms with E-state index < -0.39 is 16.6 Å². The number of amides is 1. The first-order valence-corrected chi connectivity index (χ1v) is 10.9. The minimum atomic E-state index is -0.669. The standard InChI is InChI=1S/C25H19FN6O4/c26-19-8-9-23(32(34)35)24(12-19)36-16-30-11-10-22(29-30)25(33)28-20-13-27-31(15-20)14-18-6-3-5-17-4-1-2-7-21(17)18/h1-13,15H,14,16H2,(H,28,33). The molecule has 0 aliphatic heterocycles. The summed E-state index contributed by atoms with van der Waals surface area (Å²) in [5, 5.41) is 24.6. The predicted octanol–water partition coefficient (Wildman–Crippen LogP) is 4.62. The van der Waals surface area contributed by atoms with Crippen LogP contribution in [0.4, 0.5) is 15.8 Å². The third-order valence-corrected chi connectivity index (χ3v) is 5.45. The van der Waals surface area contributed by atoms with Crippen molar-refractivity contribution >= 4 is 28.1 Å². The molecule has 0 bridgehead atoms. The number of rotatable bonds is 8. The van der Waals surface area contributed by atoms with Crippen molar-refractivity contribution in [1.82, 2.24) is 19.6 Å². The number of nitrogens with one attached hydrogen (secondary N) is 1. The van der Waals surface area contributed by atoms with E-state index in [-0.39, 0.29) is 23.9 Å². The quantitative estimate of drug-likeness (QED) is 0.253. The van der Waals surface area contributed by atoms with Crippen molar-refractivity contribution in [2.45, 2.75) is 13.3 Å². The van der Waals surface area contributed by atoms with Crippen LogP contribution in [0.5, 0.6) is 5.75 Å². The molecule has 0 atom stereocenters. The molecule has 180 valence electrons. The monoisotopic (exact) mass is 486 g/mol. The van der Waals surface area contributed by atoms with E-state index in [9.17, 15) is 19.3 Å². The maximum atomic E-state index is 13.5. The highest BCUT2D eigenvalue weighted by molar-refractivity contribution is 6.02. The third-order valence-electron chi connectivity index (χ3n) is 5.45. The first kappa shape index (κ1) is 22.7. The summed E-state index contributed by atoms with van der Waals surface area (Å²) < 4.78 is 21.8. The van der Waals surface area contributed by atoms with Crippen molar-refractivity contribution in [2.75, 3.05) is 5.32 Å².